The predicted octanol–water partition coefficient (Wildman–Crippen LogP) is 3.44. The molecule has 0 radical (unpaired) electrons. The molecule has 238 valence electrons. The Bertz CT molecular complexity index is 1590. The molecule has 3 heterocycles. The third-order valence-corrected chi connectivity index (χ3v) is 7.09. The number of halogens is 1. The molecule has 0 aliphatic rings. The molecule has 13 heteroatoms. The molecule has 0 bridgehead atoms. The topological polar surface area (TPSA) is 140 Å². The number of nitrogens with one attached hydrogen (secondary N) is 2. The normalized spacial score (nSPS) is 12.5. The Morgan fingerprint density at radius 2 is 1.93 bits per heavy atom. The zero-order valence-electron chi connectivity index (χ0n) is 26.4. The van der Waals surface area contributed by atoms with Crippen molar-refractivity contribution in [3.63, 3.8) is 0 Å². The Morgan fingerprint density at radius 1 is 1.20 bits per heavy atom. The second kappa shape index (κ2) is 15.4. The van der Waals surface area contributed by atoms with Crippen LogP contribution in [0.2, 0.25) is 0 Å². The molecular formula is C31H42FN7O5. The fourth-order valence-corrected chi connectivity index (χ4v) is 4.99. The number of anilines is 1. The first-order valence-electron chi connectivity index (χ1n) is 14.6. The van der Waals surface area contributed by atoms with Gasteiger partial charge < -0.3 is 29.4 Å². The molecule has 0 saturated carbocycles. The highest BCUT2D eigenvalue weighted by Crippen LogP contribution is 2.25. The van der Waals surface area contributed by atoms with Crippen molar-refractivity contribution in [3.05, 3.63) is 63.2 Å². The standard InChI is InChI=1S/C31H42FN7O5/c1-8-38-26(36-28-27(38)22(14-19(2)3)23(32)15-33-28)17-39-20(4)12-13-25(30(39)42)34-29(41)24(35-31(43)44-7)11-9-10-21(18-40)16-37(5)6/h10,12-13,15,18-19,24H,8-9,11,14,16-17H2,1-7H3,(H,34,41)(H,35,43)/b21-10+/t24-/m0/s1. The molecule has 0 saturated heterocycles. The largest absolute Gasteiger partial charge is 0.453 e. The summed E-state index contributed by atoms with van der Waals surface area (Å²) < 4.78 is 22.9. The van der Waals surface area contributed by atoms with Crippen molar-refractivity contribution in [1.82, 2.24) is 29.3 Å². The van der Waals surface area contributed by atoms with Crippen LogP contribution in [-0.2, 0) is 33.8 Å². The maximum atomic E-state index is 14.8. The summed E-state index contributed by atoms with van der Waals surface area (Å²) in [5, 5.41) is 5.14. The van der Waals surface area contributed by atoms with Crippen LogP contribution < -0.4 is 16.2 Å². The number of aryl methyl sites for hydroxylation is 2. The SMILES string of the molecule is CCn1c(Cn2c(C)ccc(NC(=O)[C@H](CC/C=C(/C=O)CN(C)C)NC(=O)OC)c2=O)nc2ncc(F)c(CC(C)C)c21. The molecule has 0 aliphatic carbocycles. The first kappa shape index (κ1) is 34.1. The fraction of sp³-hybridized carbons (Fsp3) is 0.484. The van der Waals surface area contributed by atoms with Crippen LogP contribution in [0.1, 0.15) is 50.7 Å². The van der Waals surface area contributed by atoms with E-state index in [0.717, 1.165) is 6.29 Å². The van der Waals surface area contributed by atoms with Gasteiger partial charge in [0.05, 0.1) is 25.4 Å². The van der Waals surface area contributed by atoms with Crippen molar-refractivity contribution < 1.29 is 23.5 Å². The summed E-state index contributed by atoms with van der Waals surface area (Å²) in [5.41, 5.74) is 2.26. The van der Waals surface area contributed by atoms with Gasteiger partial charge in [-0.1, -0.05) is 19.9 Å². The van der Waals surface area contributed by atoms with Gasteiger partial charge in [-0.15, -0.1) is 0 Å². The molecule has 0 fully saturated rings. The van der Waals surface area contributed by atoms with Gasteiger partial charge in [0.2, 0.25) is 5.91 Å². The molecule has 12 nitrogen and oxygen atoms in total. The van der Waals surface area contributed by atoms with Gasteiger partial charge in [-0.3, -0.25) is 14.4 Å². The van der Waals surface area contributed by atoms with Crippen LogP contribution in [0.3, 0.4) is 0 Å². The van der Waals surface area contributed by atoms with Crippen LogP contribution in [0, 0.1) is 18.7 Å². The number of amides is 2. The number of aldehydes is 1. The summed E-state index contributed by atoms with van der Waals surface area (Å²) in [5.74, 6) is -0.269. The molecule has 3 rings (SSSR count). The number of likely N-dealkylation sites (N-methyl/N-ethyl adjacent to an activating group) is 1. The average Bonchev–Trinajstić information content (AvgIpc) is 3.33. The van der Waals surface area contributed by atoms with Gasteiger partial charge in [-0.25, -0.2) is 19.2 Å². The van der Waals surface area contributed by atoms with Crippen molar-refractivity contribution in [2.75, 3.05) is 33.1 Å². The van der Waals surface area contributed by atoms with Gasteiger partial charge >= 0.3 is 6.09 Å². The first-order chi connectivity index (χ1) is 20.9. The molecule has 44 heavy (non-hydrogen) atoms. The number of hydrogen-bond donors (Lipinski definition) is 2. The van der Waals surface area contributed by atoms with E-state index in [1.807, 2.05) is 44.3 Å². The number of methoxy groups -OCH3 is 1. The Labute approximate surface area is 256 Å². The molecule has 0 aromatic carbocycles. The molecule has 3 aromatic rings. The number of carbonyl (C=O) groups excluding carboxylic acids is 3. The third kappa shape index (κ3) is 8.37. The van der Waals surface area contributed by atoms with Crippen LogP contribution in [0.15, 0.2) is 34.8 Å². The molecule has 3 aromatic heterocycles. The van der Waals surface area contributed by atoms with Gasteiger partial charge in [-0.2, -0.15) is 0 Å². The molecule has 2 amide bonds. The summed E-state index contributed by atoms with van der Waals surface area (Å²) in [6.07, 6.45) is 3.83. The van der Waals surface area contributed by atoms with Crippen LogP contribution in [-0.4, -0.2) is 76.1 Å². The predicted molar refractivity (Wildman–Crippen MR) is 166 cm³/mol. The van der Waals surface area contributed by atoms with Crippen LogP contribution in [0.4, 0.5) is 14.9 Å². The summed E-state index contributed by atoms with van der Waals surface area (Å²) in [6.45, 7) is 8.69. The number of rotatable bonds is 14. The summed E-state index contributed by atoms with van der Waals surface area (Å²) >= 11 is 0. The van der Waals surface area contributed by atoms with Gasteiger partial charge in [0.1, 0.15) is 29.7 Å². The minimum Gasteiger partial charge on any atom is -0.453 e. The number of hydrogen-bond acceptors (Lipinski definition) is 8. The van der Waals surface area contributed by atoms with E-state index in [4.69, 9.17) is 0 Å². The number of pyridine rings is 2. The summed E-state index contributed by atoms with van der Waals surface area (Å²) in [7, 11) is 4.85. The van der Waals surface area contributed by atoms with E-state index in [-0.39, 0.29) is 24.6 Å². The second-order valence-electron chi connectivity index (χ2n) is 11.3. The van der Waals surface area contributed by atoms with Gasteiger partial charge in [-0.05, 0) is 65.3 Å². The maximum absolute atomic E-state index is 14.8. The van der Waals surface area contributed by atoms with Gasteiger partial charge in [0.25, 0.3) is 5.56 Å². The smallest absolute Gasteiger partial charge is 0.407 e. The van der Waals surface area contributed by atoms with E-state index in [0.29, 0.717) is 59.7 Å². The third-order valence-electron chi connectivity index (χ3n) is 7.09. The van der Waals surface area contributed by atoms with Crippen LogP contribution in [0.5, 0.6) is 0 Å². The zero-order chi connectivity index (χ0) is 32.6. The molecule has 1 atom stereocenters. The highest BCUT2D eigenvalue weighted by molar-refractivity contribution is 5.96. The van der Waals surface area contributed by atoms with Crippen LogP contribution in [0.25, 0.3) is 11.2 Å². The summed E-state index contributed by atoms with van der Waals surface area (Å²) in [6, 6.07) is 2.16. The molecule has 2 N–H and O–H groups in total. The number of imidazole rings is 1. The highest BCUT2D eigenvalue weighted by Gasteiger charge is 2.23. The number of allylic oxidation sites excluding steroid dienone is 1. The molecule has 0 aliphatic heterocycles. The monoisotopic (exact) mass is 611 g/mol. The number of nitrogens with zero attached hydrogens (tertiary/aromatic N) is 5. The molecular weight excluding hydrogens is 569 g/mol. The van der Waals surface area contributed by atoms with Crippen molar-refractivity contribution in [2.45, 2.75) is 66.1 Å². The number of aromatic nitrogens is 4. The summed E-state index contributed by atoms with van der Waals surface area (Å²) in [4.78, 5) is 61.0. The number of carbonyl (C=O) groups is 3. The van der Waals surface area contributed by atoms with E-state index in [2.05, 4.69) is 25.3 Å². The fourth-order valence-electron chi connectivity index (χ4n) is 4.99. The van der Waals surface area contributed by atoms with Crippen molar-refractivity contribution in [1.29, 1.82) is 0 Å². The van der Waals surface area contributed by atoms with Gasteiger partial charge in [0.15, 0.2) is 5.65 Å². The Balaban J connectivity index is 1.91. The van der Waals surface area contributed by atoms with E-state index in [1.165, 1.54) is 23.9 Å². The zero-order valence-corrected chi connectivity index (χ0v) is 26.4. The highest BCUT2D eigenvalue weighted by atomic mass is 19.1. The minimum atomic E-state index is -1.04. The lowest BCUT2D eigenvalue weighted by Crippen LogP contribution is -2.44. The average molecular weight is 612 g/mol. The molecule has 0 unspecified atom stereocenters. The van der Waals surface area contributed by atoms with E-state index in [9.17, 15) is 23.6 Å². The van der Waals surface area contributed by atoms with Crippen molar-refractivity contribution >= 4 is 35.1 Å². The Morgan fingerprint density at radius 3 is 2.55 bits per heavy atom. The molecule has 0 spiro atoms. The lowest BCUT2D eigenvalue weighted by atomic mass is 10.0. The number of fused-ring (bicyclic) bond motifs is 1. The van der Waals surface area contributed by atoms with E-state index in [1.54, 1.807) is 19.1 Å². The first-order valence-corrected chi connectivity index (χ1v) is 14.6. The number of alkyl carbamates (subject to hydrolysis) is 1. The minimum absolute atomic E-state index is 0.0119. The van der Waals surface area contributed by atoms with Crippen molar-refractivity contribution in [3.8, 4) is 0 Å². The maximum Gasteiger partial charge on any atom is 0.407 e. The Kier molecular flexibility index (Phi) is 11.9. The van der Waals surface area contributed by atoms with Gasteiger partial charge in [0, 0.05) is 29.9 Å². The second-order valence-corrected chi connectivity index (χ2v) is 11.3. The van der Waals surface area contributed by atoms with E-state index < -0.39 is 29.4 Å². The van der Waals surface area contributed by atoms with E-state index >= 15 is 0 Å². The van der Waals surface area contributed by atoms with Crippen molar-refractivity contribution in [2.24, 2.45) is 5.92 Å². The Hall–Kier alpha value is -4.39. The lowest BCUT2D eigenvalue weighted by Gasteiger charge is -2.18. The lowest BCUT2D eigenvalue weighted by molar-refractivity contribution is -0.118. The number of ether oxygens (including phenoxy) is 1. The van der Waals surface area contributed by atoms with Crippen LogP contribution >= 0.6 is 0 Å². The quantitative estimate of drug-likeness (QED) is 0.209.